The molecular weight excluding hydrogens is 378 g/mol. The molecule has 0 saturated carbocycles. The van der Waals surface area contributed by atoms with Crippen LogP contribution in [0.25, 0.3) is 6.08 Å². The maximum atomic E-state index is 12.4. The van der Waals surface area contributed by atoms with Crippen LogP contribution in [-0.2, 0) is 14.8 Å². The predicted molar refractivity (Wildman–Crippen MR) is 105 cm³/mol. The molecule has 0 radical (unpaired) electrons. The highest BCUT2D eigenvalue weighted by molar-refractivity contribution is 7.98. The van der Waals surface area contributed by atoms with Gasteiger partial charge in [0, 0.05) is 17.0 Å². The van der Waals surface area contributed by atoms with E-state index in [4.69, 9.17) is 0 Å². The zero-order chi connectivity index (χ0) is 18.1. The predicted octanol–water partition coefficient (Wildman–Crippen LogP) is 2.79. The summed E-state index contributed by atoms with van der Waals surface area (Å²) in [6, 6.07) is 8.23. The van der Waals surface area contributed by atoms with E-state index in [1.807, 2.05) is 24.5 Å². The van der Waals surface area contributed by atoms with E-state index in [2.05, 4.69) is 15.0 Å². The summed E-state index contributed by atoms with van der Waals surface area (Å²) in [5.74, 6) is 0.238. The Morgan fingerprint density at radius 2 is 2.12 bits per heavy atom. The van der Waals surface area contributed by atoms with Gasteiger partial charge in [0.05, 0.1) is 0 Å². The number of carbonyl (C=O) groups is 1. The van der Waals surface area contributed by atoms with Crippen molar-refractivity contribution in [3.05, 3.63) is 52.9 Å². The minimum absolute atomic E-state index is 0.386. The number of benzene rings is 1. The zero-order valence-electron chi connectivity index (χ0n) is 13.6. The quantitative estimate of drug-likeness (QED) is 0.679. The average Bonchev–Trinajstić information content (AvgIpc) is 3.10. The number of nitrogens with one attached hydrogen (secondary N) is 2. The van der Waals surface area contributed by atoms with Crippen molar-refractivity contribution < 1.29 is 13.2 Å². The Morgan fingerprint density at radius 3 is 2.76 bits per heavy atom. The van der Waals surface area contributed by atoms with Gasteiger partial charge >= 0.3 is 0 Å². The summed E-state index contributed by atoms with van der Waals surface area (Å²) < 4.78 is 27.0. The number of thiazole rings is 1. The molecule has 9 heteroatoms. The molecule has 0 saturated heterocycles. The molecule has 1 aromatic carbocycles. The molecule has 6 nitrogen and oxygen atoms in total. The van der Waals surface area contributed by atoms with E-state index < -0.39 is 22.0 Å². The van der Waals surface area contributed by atoms with Gasteiger partial charge in [0.1, 0.15) is 6.04 Å². The van der Waals surface area contributed by atoms with Crippen molar-refractivity contribution in [2.75, 3.05) is 17.3 Å². The maximum absolute atomic E-state index is 12.4. The average molecular weight is 398 g/mol. The molecule has 2 N–H and O–H groups in total. The van der Waals surface area contributed by atoms with Crippen LogP contribution in [0, 0.1) is 0 Å². The number of rotatable bonds is 9. The number of thioether (sulfide) groups is 1. The lowest BCUT2D eigenvalue weighted by molar-refractivity contribution is -0.117. The second-order valence-corrected chi connectivity index (χ2v) is 8.51. The number of anilines is 1. The second kappa shape index (κ2) is 9.71. The molecule has 0 aliphatic rings. The molecule has 0 spiro atoms. The summed E-state index contributed by atoms with van der Waals surface area (Å²) in [4.78, 5) is 16.3. The first kappa shape index (κ1) is 19.6. The summed E-state index contributed by atoms with van der Waals surface area (Å²) in [7, 11) is -3.75. The Hall–Kier alpha value is -1.68. The van der Waals surface area contributed by atoms with Crippen LogP contribution in [0.1, 0.15) is 12.0 Å². The molecule has 134 valence electrons. The third kappa shape index (κ3) is 6.99. The van der Waals surface area contributed by atoms with Crippen molar-refractivity contribution in [1.82, 2.24) is 9.71 Å². The fraction of sp³-hybridized carbons (Fsp3) is 0.250. The van der Waals surface area contributed by atoms with Crippen molar-refractivity contribution in [3.8, 4) is 0 Å². The summed E-state index contributed by atoms with van der Waals surface area (Å²) >= 11 is 2.82. The molecule has 25 heavy (non-hydrogen) atoms. The van der Waals surface area contributed by atoms with Crippen LogP contribution in [0.5, 0.6) is 0 Å². The van der Waals surface area contributed by atoms with Crippen LogP contribution in [0.4, 0.5) is 5.13 Å². The number of aromatic nitrogens is 1. The largest absolute Gasteiger partial charge is 0.301 e. The topological polar surface area (TPSA) is 88.2 Å². The summed E-state index contributed by atoms with van der Waals surface area (Å²) in [6.07, 6.45) is 5.35. The smallest absolute Gasteiger partial charge is 0.244 e. The molecule has 0 aliphatic carbocycles. The van der Waals surface area contributed by atoms with Crippen LogP contribution >= 0.6 is 23.1 Å². The van der Waals surface area contributed by atoms with Crippen LogP contribution < -0.4 is 10.0 Å². The Labute approximate surface area is 155 Å². The minimum atomic E-state index is -3.75. The summed E-state index contributed by atoms with van der Waals surface area (Å²) in [5, 5.41) is 5.89. The van der Waals surface area contributed by atoms with Gasteiger partial charge in [-0.2, -0.15) is 16.5 Å². The van der Waals surface area contributed by atoms with Gasteiger partial charge in [0.2, 0.25) is 15.9 Å². The maximum Gasteiger partial charge on any atom is 0.244 e. The molecule has 0 bridgehead atoms. The van der Waals surface area contributed by atoms with Gasteiger partial charge < -0.3 is 5.32 Å². The fourth-order valence-corrected chi connectivity index (χ4v) is 3.97. The van der Waals surface area contributed by atoms with Crippen LogP contribution in [0.2, 0.25) is 0 Å². The third-order valence-electron chi connectivity index (χ3n) is 3.14. The van der Waals surface area contributed by atoms with E-state index in [0.717, 1.165) is 11.0 Å². The molecule has 1 aromatic heterocycles. The van der Waals surface area contributed by atoms with Crippen molar-refractivity contribution in [3.63, 3.8) is 0 Å². The Kier molecular flexibility index (Phi) is 7.63. The lowest BCUT2D eigenvalue weighted by atomic mass is 10.2. The number of amides is 1. The highest BCUT2D eigenvalue weighted by Crippen LogP contribution is 2.12. The van der Waals surface area contributed by atoms with Gasteiger partial charge in [-0.05, 0) is 30.1 Å². The number of carbonyl (C=O) groups excluding carboxylic acids is 1. The first-order chi connectivity index (χ1) is 12.0. The Balaban J connectivity index is 2.06. The van der Waals surface area contributed by atoms with E-state index in [1.54, 1.807) is 35.5 Å². The van der Waals surface area contributed by atoms with Crippen LogP contribution in [0.3, 0.4) is 0 Å². The molecule has 1 amide bonds. The normalized spacial score (nSPS) is 13.0. The Bertz CT molecular complexity index is 791. The molecule has 0 aliphatic heterocycles. The van der Waals surface area contributed by atoms with Crippen molar-refractivity contribution in [1.29, 1.82) is 0 Å². The van der Waals surface area contributed by atoms with Gasteiger partial charge in [-0.25, -0.2) is 13.4 Å². The fourth-order valence-electron chi connectivity index (χ4n) is 1.93. The van der Waals surface area contributed by atoms with E-state index >= 15 is 0 Å². The molecule has 2 rings (SSSR count). The van der Waals surface area contributed by atoms with Gasteiger partial charge in [-0.15, -0.1) is 11.3 Å². The highest BCUT2D eigenvalue weighted by atomic mass is 32.2. The zero-order valence-corrected chi connectivity index (χ0v) is 16.0. The first-order valence-corrected chi connectivity index (χ1v) is 11.3. The van der Waals surface area contributed by atoms with Crippen molar-refractivity contribution >= 4 is 50.2 Å². The third-order valence-corrected chi connectivity index (χ3v) is 5.58. The molecule has 2 aromatic rings. The summed E-state index contributed by atoms with van der Waals surface area (Å²) in [5.41, 5.74) is 0.765. The van der Waals surface area contributed by atoms with E-state index in [9.17, 15) is 13.2 Å². The minimum Gasteiger partial charge on any atom is -0.301 e. The molecule has 0 unspecified atom stereocenters. The van der Waals surface area contributed by atoms with Gasteiger partial charge in [-0.3, -0.25) is 4.79 Å². The number of hydrogen-bond acceptors (Lipinski definition) is 6. The van der Waals surface area contributed by atoms with Gasteiger partial charge in [-0.1, -0.05) is 30.3 Å². The number of hydrogen-bond donors (Lipinski definition) is 2. The lowest BCUT2D eigenvalue weighted by Gasteiger charge is -2.16. The molecule has 0 fully saturated rings. The van der Waals surface area contributed by atoms with Crippen molar-refractivity contribution in [2.45, 2.75) is 12.5 Å². The number of sulfonamides is 1. The van der Waals surface area contributed by atoms with Gasteiger partial charge in [0.15, 0.2) is 5.13 Å². The van der Waals surface area contributed by atoms with Gasteiger partial charge in [0.25, 0.3) is 0 Å². The monoisotopic (exact) mass is 397 g/mol. The van der Waals surface area contributed by atoms with E-state index in [1.165, 1.54) is 17.4 Å². The Morgan fingerprint density at radius 1 is 1.36 bits per heavy atom. The molecule has 1 heterocycles. The first-order valence-electron chi connectivity index (χ1n) is 7.45. The van der Waals surface area contributed by atoms with Crippen LogP contribution in [0.15, 0.2) is 47.3 Å². The molecule has 1 atom stereocenters. The number of nitrogens with zero attached hydrogens (tertiary/aromatic N) is 1. The van der Waals surface area contributed by atoms with Crippen LogP contribution in [-0.4, -0.2) is 37.4 Å². The standard InChI is InChI=1S/C16H19N3O3S3/c1-23-10-7-14(15(20)18-16-17-9-11-24-16)19-25(21,22)12-8-13-5-3-2-4-6-13/h2-6,8-9,11-12,14,19H,7,10H2,1H3,(H,17,18,20)/b12-8+/t14-/m1/s1. The lowest BCUT2D eigenvalue weighted by Crippen LogP contribution is -2.43. The molecular formula is C16H19N3O3S3. The van der Waals surface area contributed by atoms with E-state index in [-0.39, 0.29) is 0 Å². The van der Waals surface area contributed by atoms with Crippen molar-refractivity contribution in [2.24, 2.45) is 0 Å². The highest BCUT2D eigenvalue weighted by Gasteiger charge is 2.23. The summed E-state index contributed by atoms with van der Waals surface area (Å²) in [6.45, 7) is 0. The SMILES string of the molecule is CSCC[C@@H](NS(=O)(=O)/C=C/c1ccccc1)C(=O)Nc1nccs1. The second-order valence-electron chi connectivity index (χ2n) is 5.04. The van der Waals surface area contributed by atoms with E-state index in [0.29, 0.717) is 17.3 Å².